The van der Waals surface area contributed by atoms with Gasteiger partial charge in [-0.2, -0.15) is 60.4 Å². The molecule has 595 valence electrons. The monoisotopic (exact) mass is 1670 g/mol. The van der Waals surface area contributed by atoms with Crippen molar-refractivity contribution in [2.24, 2.45) is 14.1 Å². The van der Waals surface area contributed by atoms with Gasteiger partial charge in [-0.15, -0.1) is 13.3 Å². The first-order valence-corrected chi connectivity index (χ1v) is 34.8. The third kappa shape index (κ3) is 26.6. The summed E-state index contributed by atoms with van der Waals surface area (Å²) in [6.07, 6.45) is 41.7. The Balaban J connectivity index is 0.000000205. The predicted molar refractivity (Wildman–Crippen MR) is 403 cm³/mol. The SMILES string of the molecule is CC=[N-].CC=[N-].COc1ccc(-n2cc[n+](C)c2)nc1-n1cc[n+](C)c1.COc1ccc(-n2ccnc2)nc1-n1ccnc1.COc1ccc(-n2ccnc2)nc1F.COc1ccc(F)nc1-n1ccnc1.COc1ccc(F)nc1F.COc1ccc(N2C=CN(C)[CH-]2)nc1N1C=CN(C)[CH-]1.Oc1ccc(F)nc1F.[Cl][Ru]. The maximum atomic E-state index is 13.2. The molecule has 13 aromatic rings. The number of hydrogen-bond acceptors (Lipinski definition) is 22. The first kappa shape index (κ1) is 88.3. The number of rotatable bonds is 14. The summed E-state index contributed by atoms with van der Waals surface area (Å²) in [4.78, 5) is 50.5. The second kappa shape index (κ2) is 46.1. The van der Waals surface area contributed by atoms with E-state index >= 15 is 0 Å². The van der Waals surface area contributed by atoms with Crippen LogP contribution in [0.4, 0.5) is 38.0 Å². The molecule has 2 aliphatic heterocycles. The molecule has 0 spiro atoms. The number of imidazole rings is 6. The average Bonchev–Trinajstić information content (AvgIpc) is 1.73. The van der Waals surface area contributed by atoms with Crippen molar-refractivity contribution >= 4 is 33.8 Å². The molecule has 0 atom stereocenters. The Morgan fingerprint density at radius 1 is 0.389 bits per heavy atom. The van der Waals surface area contributed by atoms with E-state index in [-0.39, 0.29) is 11.5 Å². The van der Waals surface area contributed by atoms with Crippen LogP contribution in [0.1, 0.15) is 13.8 Å². The topological polar surface area (TPSA) is 312 Å². The second-order valence-corrected chi connectivity index (χ2v) is 21.8. The molecule has 113 heavy (non-hydrogen) atoms. The van der Waals surface area contributed by atoms with Crippen LogP contribution in [0.3, 0.4) is 0 Å². The van der Waals surface area contributed by atoms with Crippen LogP contribution in [-0.2, 0) is 31.4 Å². The van der Waals surface area contributed by atoms with Gasteiger partial charge in [-0.1, -0.05) is 13.8 Å². The summed E-state index contributed by atoms with van der Waals surface area (Å²) in [7, 11) is 21.6. The predicted octanol–water partition coefficient (Wildman–Crippen LogP) is 10.8. The third-order valence-electron chi connectivity index (χ3n) is 14.1. The second-order valence-electron chi connectivity index (χ2n) is 21.8. The van der Waals surface area contributed by atoms with Gasteiger partial charge in [-0.05, 0) is 118 Å². The van der Waals surface area contributed by atoms with Crippen LogP contribution in [0.2, 0.25) is 0 Å². The standard InChI is InChI=1S/2C14H17N5O.C12H11N5O.2C9H8FN3O.C6H5F2NO.C5H3F2NO.2C2H4N.ClH.Ru/c2*1-16-6-8-18(10-16)13-5-4-12(20-3)14(15-13)19-9-7-17(2)11-19;1-18-10-2-3-11(16-6-4-13-8-16)15-12(10)17-7-5-14-9-17;1-14-7-2-3-8(12-9(7)10)13-5-4-11-6-13;1-14-7-2-3-8(10)12-9(7)13-5-4-11-6-13;1-10-4-2-3-5(7)9-6(4)8;6-4-2-1-3(9)5(7)8-4;2*1-2-3;;/h2*4-11H,1-3H3;2-9H,1H3;2*2-6H,1H3;2-3H,1H3;1-2,9H;2*2H,1H3;1H;/q-2;+2;;;;;;2*-1;;+1/p-1. The van der Waals surface area contributed by atoms with Gasteiger partial charge in [0.2, 0.25) is 36.3 Å². The molecule has 0 amide bonds. The Kier molecular flexibility index (Phi) is 36.0. The number of aryl methyl sites for hydroxylation is 2. The molecule has 0 fully saturated rings. The van der Waals surface area contributed by atoms with Crippen molar-refractivity contribution in [2.45, 2.75) is 13.8 Å². The van der Waals surface area contributed by atoms with Crippen LogP contribution in [0.15, 0.2) is 222 Å². The summed E-state index contributed by atoms with van der Waals surface area (Å²) in [6, 6.07) is 21.4. The quantitative estimate of drug-likeness (QED) is 0.0264. The molecule has 0 saturated heterocycles. The average molecular weight is 1670 g/mol. The van der Waals surface area contributed by atoms with Gasteiger partial charge in [0.15, 0.2) is 51.9 Å². The molecule has 15 rings (SSSR count). The van der Waals surface area contributed by atoms with Crippen molar-refractivity contribution in [2.75, 3.05) is 66.6 Å². The van der Waals surface area contributed by atoms with Crippen molar-refractivity contribution in [3.63, 3.8) is 0 Å². The van der Waals surface area contributed by atoms with E-state index in [0.717, 1.165) is 71.2 Å². The number of anilines is 2. The summed E-state index contributed by atoms with van der Waals surface area (Å²) < 4.78 is 119. The van der Waals surface area contributed by atoms with Crippen molar-refractivity contribution in [3.05, 3.63) is 282 Å². The minimum absolute atomic E-state index is 0.0543. The van der Waals surface area contributed by atoms with Gasteiger partial charge in [0.25, 0.3) is 23.7 Å². The Labute approximate surface area is 660 Å². The van der Waals surface area contributed by atoms with Gasteiger partial charge in [0.05, 0.1) is 56.8 Å². The number of methoxy groups -OCH3 is 6. The summed E-state index contributed by atoms with van der Waals surface area (Å²) in [5.41, 5.74) is 0. The Morgan fingerprint density at radius 2 is 0.717 bits per heavy atom. The summed E-state index contributed by atoms with van der Waals surface area (Å²) in [6.45, 7) is 7.03. The van der Waals surface area contributed by atoms with E-state index in [9.17, 15) is 26.3 Å². The third-order valence-corrected chi connectivity index (χ3v) is 14.1. The Morgan fingerprint density at radius 3 is 1.10 bits per heavy atom. The number of hydrogen-bond donors (Lipinski definition) is 1. The molecule has 1 N–H and O–H groups in total. The molecule has 32 nitrogen and oxygen atoms in total. The molecule has 0 saturated carbocycles. The molecule has 0 radical (unpaired) electrons. The number of aromatic nitrogens is 19. The van der Waals surface area contributed by atoms with E-state index in [1.807, 2.05) is 212 Å². The van der Waals surface area contributed by atoms with Gasteiger partial charge in [0, 0.05) is 55.6 Å². The molecular formula is C73H77ClF6N25O7Ru-2. The zero-order valence-electron chi connectivity index (χ0n) is 62.7. The zero-order chi connectivity index (χ0) is 82.4. The first-order chi connectivity index (χ1) is 54.6. The van der Waals surface area contributed by atoms with E-state index in [1.165, 1.54) is 51.9 Å². The van der Waals surface area contributed by atoms with Crippen LogP contribution in [0, 0.1) is 49.0 Å². The molecule has 0 bridgehead atoms. The molecular weight excluding hydrogens is 1590 g/mol. The molecule has 0 aromatic carbocycles. The number of nitrogens with zero attached hydrogens (tertiary/aromatic N) is 25. The van der Waals surface area contributed by atoms with E-state index in [2.05, 4.69) is 69.3 Å². The van der Waals surface area contributed by atoms with Crippen molar-refractivity contribution in [3.8, 4) is 75.2 Å². The number of ether oxygens (including phenoxy) is 6. The molecule has 15 heterocycles. The van der Waals surface area contributed by atoms with Crippen molar-refractivity contribution in [1.82, 2.24) is 92.0 Å². The molecule has 40 heteroatoms. The fourth-order valence-corrected chi connectivity index (χ4v) is 9.04. The van der Waals surface area contributed by atoms with Gasteiger partial charge >= 0.3 is 27.0 Å². The van der Waals surface area contributed by atoms with E-state index < -0.39 is 41.4 Å². The van der Waals surface area contributed by atoms with Crippen molar-refractivity contribution < 1.29 is 86.3 Å². The first-order valence-electron chi connectivity index (χ1n) is 32.6. The van der Waals surface area contributed by atoms with Gasteiger partial charge in [-0.25, -0.2) is 51.5 Å². The fraction of sp³-hybridized carbons (Fsp3) is 0.164. The summed E-state index contributed by atoms with van der Waals surface area (Å²) in [5, 5.41) is 23.3. The Hall–Kier alpha value is -13.6. The molecule has 2 aliphatic rings. The van der Waals surface area contributed by atoms with Gasteiger partial charge in [-0.3, -0.25) is 18.3 Å². The van der Waals surface area contributed by atoms with Crippen LogP contribution in [-0.4, -0.2) is 166 Å². The summed E-state index contributed by atoms with van der Waals surface area (Å²) in [5.74, 6) is 2.59. The number of pyridine rings is 7. The van der Waals surface area contributed by atoms with Crippen molar-refractivity contribution in [1.29, 1.82) is 0 Å². The minimum atomic E-state index is -1.19. The van der Waals surface area contributed by atoms with Crippen LogP contribution >= 0.6 is 9.69 Å². The number of halogens is 7. The normalized spacial score (nSPS) is 11.1. The number of aromatic hydroxyl groups is 1. The zero-order valence-corrected chi connectivity index (χ0v) is 65.2. The van der Waals surface area contributed by atoms with Gasteiger partial charge in [0.1, 0.15) is 73.4 Å². The van der Waals surface area contributed by atoms with Crippen LogP contribution in [0.25, 0.3) is 45.7 Å². The van der Waals surface area contributed by atoms with E-state index in [1.54, 1.807) is 111 Å². The molecule has 0 aliphatic carbocycles. The fourth-order valence-electron chi connectivity index (χ4n) is 9.04. The van der Waals surface area contributed by atoms with E-state index in [0.29, 0.717) is 29.0 Å². The van der Waals surface area contributed by atoms with Crippen LogP contribution < -0.4 is 47.4 Å². The van der Waals surface area contributed by atoms with Crippen LogP contribution in [0.5, 0.6) is 40.2 Å². The summed E-state index contributed by atoms with van der Waals surface area (Å²) >= 11 is 1.82. The maximum absolute atomic E-state index is 13.2. The van der Waals surface area contributed by atoms with E-state index in [4.69, 9.17) is 39.6 Å². The van der Waals surface area contributed by atoms with Gasteiger partial charge < -0.3 is 63.9 Å². The molecule has 13 aromatic heterocycles. The Bertz CT molecular complexity index is 5060. The molecule has 0 unspecified atom stereocenters.